The van der Waals surface area contributed by atoms with Crippen molar-refractivity contribution in [1.29, 1.82) is 0 Å². The Balaban J connectivity index is 1.91. The highest BCUT2D eigenvalue weighted by Gasteiger charge is 2.38. The number of carbonyl (C=O) groups is 2. The van der Waals surface area contributed by atoms with E-state index in [0.29, 0.717) is 18.5 Å². The van der Waals surface area contributed by atoms with E-state index in [1.807, 2.05) is 0 Å². The molecular formula is C11H19N3O2. The number of nitrogens with one attached hydrogen (secondary N) is 1. The standard InChI is InChI=1S/C11H19N3O2/c1-7(15)8-2-9-4-14(6-11(12)16)5-10(9)13-3-8/h8-10,13H,2-6H2,1H3,(H2,12,16). The predicted molar refractivity (Wildman–Crippen MR) is 59.7 cm³/mol. The van der Waals surface area contributed by atoms with Gasteiger partial charge in [-0.1, -0.05) is 0 Å². The van der Waals surface area contributed by atoms with Gasteiger partial charge < -0.3 is 11.1 Å². The minimum Gasteiger partial charge on any atom is -0.369 e. The van der Waals surface area contributed by atoms with Crippen LogP contribution >= 0.6 is 0 Å². The van der Waals surface area contributed by atoms with Crippen molar-refractivity contribution in [3.05, 3.63) is 0 Å². The highest BCUT2D eigenvalue weighted by Crippen LogP contribution is 2.28. The van der Waals surface area contributed by atoms with E-state index in [1.54, 1.807) is 6.92 Å². The van der Waals surface area contributed by atoms with Crippen LogP contribution in [0.1, 0.15) is 13.3 Å². The van der Waals surface area contributed by atoms with Crippen LogP contribution in [0.3, 0.4) is 0 Å². The van der Waals surface area contributed by atoms with Crippen LogP contribution < -0.4 is 11.1 Å². The van der Waals surface area contributed by atoms with Crippen LogP contribution in [0.4, 0.5) is 0 Å². The highest BCUT2D eigenvalue weighted by molar-refractivity contribution is 5.78. The van der Waals surface area contributed by atoms with E-state index in [9.17, 15) is 9.59 Å². The number of carbonyl (C=O) groups excluding carboxylic acids is 2. The molecule has 2 fully saturated rings. The molecule has 5 nitrogen and oxygen atoms in total. The van der Waals surface area contributed by atoms with Gasteiger partial charge in [0.05, 0.1) is 6.54 Å². The lowest BCUT2D eigenvalue weighted by molar-refractivity contribution is -0.122. The second-order valence-corrected chi connectivity index (χ2v) is 4.98. The van der Waals surface area contributed by atoms with Gasteiger partial charge in [-0.3, -0.25) is 14.5 Å². The molecule has 0 aromatic carbocycles. The van der Waals surface area contributed by atoms with Crippen molar-refractivity contribution < 1.29 is 9.59 Å². The first-order chi connectivity index (χ1) is 7.56. The molecular weight excluding hydrogens is 206 g/mol. The van der Waals surface area contributed by atoms with Crippen LogP contribution in [-0.2, 0) is 9.59 Å². The number of likely N-dealkylation sites (tertiary alicyclic amines) is 1. The number of rotatable bonds is 3. The van der Waals surface area contributed by atoms with Gasteiger partial charge in [0.1, 0.15) is 5.78 Å². The number of piperidine rings is 1. The largest absolute Gasteiger partial charge is 0.369 e. The Morgan fingerprint density at radius 1 is 1.44 bits per heavy atom. The van der Waals surface area contributed by atoms with Gasteiger partial charge in [0.2, 0.25) is 5.91 Å². The summed E-state index contributed by atoms with van der Waals surface area (Å²) in [5, 5.41) is 3.40. The molecule has 90 valence electrons. The Labute approximate surface area is 95.3 Å². The lowest BCUT2D eigenvalue weighted by atomic mass is 9.85. The number of ketones is 1. The van der Waals surface area contributed by atoms with Crippen LogP contribution in [0.2, 0.25) is 0 Å². The van der Waals surface area contributed by atoms with Crippen molar-refractivity contribution >= 4 is 11.7 Å². The van der Waals surface area contributed by atoms with E-state index >= 15 is 0 Å². The Kier molecular flexibility index (Phi) is 3.25. The van der Waals surface area contributed by atoms with Crippen LogP contribution in [0.25, 0.3) is 0 Å². The molecule has 0 radical (unpaired) electrons. The molecule has 2 aliphatic heterocycles. The van der Waals surface area contributed by atoms with Crippen LogP contribution in [0, 0.1) is 11.8 Å². The molecule has 2 aliphatic rings. The molecule has 0 bridgehead atoms. The van der Waals surface area contributed by atoms with E-state index in [1.165, 1.54) is 0 Å². The van der Waals surface area contributed by atoms with E-state index < -0.39 is 0 Å². The predicted octanol–water partition coefficient (Wildman–Crippen LogP) is -1.03. The Morgan fingerprint density at radius 3 is 2.81 bits per heavy atom. The molecule has 3 unspecified atom stereocenters. The van der Waals surface area contributed by atoms with E-state index in [4.69, 9.17) is 5.73 Å². The molecule has 3 atom stereocenters. The Bertz CT molecular complexity index is 306. The topological polar surface area (TPSA) is 75.4 Å². The molecule has 0 aromatic rings. The van der Waals surface area contributed by atoms with Gasteiger partial charge in [-0.25, -0.2) is 0 Å². The molecule has 1 amide bonds. The maximum atomic E-state index is 11.3. The molecule has 16 heavy (non-hydrogen) atoms. The highest BCUT2D eigenvalue weighted by atomic mass is 16.1. The zero-order valence-electron chi connectivity index (χ0n) is 9.61. The first-order valence-electron chi connectivity index (χ1n) is 5.80. The third kappa shape index (κ3) is 2.41. The van der Waals surface area contributed by atoms with Gasteiger partial charge in [-0.05, 0) is 19.3 Å². The summed E-state index contributed by atoms with van der Waals surface area (Å²) < 4.78 is 0. The first-order valence-corrected chi connectivity index (χ1v) is 5.80. The normalized spacial score (nSPS) is 34.7. The lowest BCUT2D eigenvalue weighted by Gasteiger charge is -2.30. The number of fused-ring (bicyclic) bond motifs is 1. The fourth-order valence-corrected chi connectivity index (χ4v) is 2.83. The fourth-order valence-electron chi connectivity index (χ4n) is 2.83. The minimum absolute atomic E-state index is 0.148. The second-order valence-electron chi connectivity index (χ2n) is 4.98. The third-order valence-electron chi connectivity index (χ3n) is 3.68. The van der Waals surface area contributed by atoms with Crippen LogP contribution in [-0.4, -0.2) is 48.8 Å². The van der Waals surface area contributed by atoms with Crippen molar-refractivity contribution in [3.8, 4) is 0 Å². The zero-order chi connectivity index (χ0) is 11.7. The van der Waals surface area contributed by atoms with E-state index in [0.717, 1.165) is 26.1 Å². The summed E-state index contributed by atoms with van der Waals surface area (Å²) in [6.07, 6.45) is 0.947. The summed E-state index contributed by atoms with van der Waals surface area (Å²) in [5.41, 5.74) is 5.18. The molecule has 5 heteroatoms. The lowest BCUT2D eigenvalue weighted by Crippen LogP contribution is -2.46. The SMILES string of the molecule is CC(=O)C1CNC2CN(CC(N)=O)CC2C1. The first kappa shape index (κ1) is 11.5. The van der Waals surface area contributed by atoms with Crippen molar-refractivity contribution in [2.75, 3.05) is 26.2 Å². The fraction of sp³-hybridized carbons (Fsp3) is 0.818. The smallest absolute Gasteiger partial charge is 0.231 e. The quantitative estimate of drug-likeness (QED) is 0.644. The number of hydrogen-bond donors (Lipinski definition) is 2. The Hall–Kier alpha value is -0.940. The number of nitrogens with two attached hydrogens (primary N) is 1. The third-order valence-corrected chi connectivity index (χ3v) is 3.68. The minimum atomic E-state index is -0.276. The molecule has 2 heterocycles. The van der Waals surface area contributed by atoms with Crippen molar-refractivity contribution in [1.82, 2.24) is 10.2 Å². The van der Waals surface area contributed by atoms with Gasteiger partial charge in [0.15, 0.2) is 0 Å². The summed E-state index contributed by atoms with van der Waals surface area (Å²) in [6.45, 7) is 4.52. The van der Waals surface area contributed by atoms with Crippen molar-refractivity contribution in [3.63, 3.8) is 0 Å². The number of hydrogen-bond acceptors (Lipinski definition) is 4. The van der Waals surface area contributed by atoms with Crippen molar-refractivity contribution in [2.24, 2.45) is 17.6 Å². The molecule has 0 aliphatic carbocycles. The molecule has 0 saturated carbocycles. The average molecular weight is 225 g/mol. The molecule has 0 aromatic heterocycles. The van der Waals surface area contributed by atoms with Gasteiger partial charge in [-0.15, -0.1) is 0 Å². The number of nitrogens with zero attached hydrogens (tertiary/aromatic N) is 1. The van der Waals surface area contributed by atoms with Crippen LogP contribution in [0.5, 0.6) is 0 Å². The zero-order valence-corrected chi connectivity index (χ0v) is 9.61. The van der Waals surface area contributed by atoms with Gasteiger partial charge in [-0.2, -0.15) is 0 Å². The summed E-state index contributed by atoms with van der Waals surface area (Å²) in [6, 6.07) is 0.426. The average Bonchev–Trinajstić information content (AvgIpc) is 2.56. The number of amides is 1. The summed E-state index contributed by atoms with van der Waals surface area (Å²) in [5.74, 6) is 0.623. The number of Topliss-reactive ketones (excluding diaryl/α,β-unsaturated/α-hetero) is 1. The molecule has 0 spiro atoms. The van der Waals surface area contributed by atoms with Gasteiger partial charge in [0.25, 0.3) is 0 Å². The summed E-state index contributed by atoms with van der Waals surface area (Å²) >= 11 is 0. The molecule has 3 N–H and O–H groups in total. The summed E-state index contributed by atoms with van der Waals surface area (Å²) in [4.78, 5) is 24.2. The second kappa shape index (κ2) is 4.51. The van der Waals surface area contributed by atoms with Gasteiger partial charge >= 0.3 is 0 Å². The molecule has 2 rings (SSSR count). The van der Waals surface area contributed by atoms with E-state index in [2.05, 4.69) is 10.2 Å². The van der Waals surface area contributed by atoms with E-state index in [-0.39, 0.29) is 17.6 Å². The van der Waals surface area contributed by atoms with Crippen LogP contribution in [0.15, 0.2) is 0 Å². The maximum Gasteiger partial charge on any atom is 0.231 e. The summed E-state index contributed by atoms with van der Waals surface area (Å²) in [7, 11) is 0. The van der Waals surface area contributed by atoms with Crippen molar-refractivity contribution in [2.45, 2.75) is 19.4 Å². The monoisotopic (exact) mass is 225 g/mol. The van der Waals surface area contributed by atoms with Gasteiger partial charge in [0, 0.05) is 31.6 Å². The number of primary amides is 1. The maximum absolute atomic E-state index is 11.3. The Morgan fingerprint density at radius 2 is 2.19 bits per heavy atom. The molecule has 2 saturated heterocycles.